The van der Waals surface area contributed by atoms with Gasteiger partial charge in [-0.3, -0.25) is 19.2 Å². The molecule has 0 aliphatic heterocycles. The van der Waals surface area contributed by atoms with E-state index in [9.17, 15) is 19.2 Å². The number of ether oxygens (including phenoxy) is 4. The Labute approximate surface area is 167 Å². The van der Waals surface area contributed by atoms with Crippen LogP contribution in [0.15, 0.2) is 12.2 Å². The van der Waals surface area contributed by atoms with E-state index >= 15 is 0 Å². The summed E-state index contributed by atoms with van der Waals surface area (Å²) in [6.45, 7) is 0. The highest BCUT2D eigenvalue weighted by molar-refractivity contribution is 5.70. The molecule has 162 valence electrons. The van der Waals surface area contributed by atoms with Gasteiger partial charge in [0.05, 0.1) is 28.4 Å². The molecule has 0 saturated heterocycles. The summed E-state index contributed by atoms with van der Waals surface area (Å²) in [7, 11) is 5.51. The first-order valence-electron chi connectivity index (χ1n) is 9.33. The van der Waals surface area contributed by atoms with Crippen molar-refractivity contribution >= 4 is 23.9 Å². The molecule has 8 heteroatoms. The lowest BCUT2D eigenvalue weighted by molar-refractivity contribution is -0.141. The Morgan fingerprint density at radius 2 is 0.786 bits per heavy atom. The van der Waals surface area contributed by atoms with E-state index in [1.807, 2.05) is 12.2 Å². The van der Waals surface area contributed by atoms with Gasteiger partial charge in [-0.05, 0) is 25.7 Å². The van der Waals surface area contributed by atoms with Gasteiger partial charge in [-0.15, -0.1) is 0 Å². The summed E-state index contributed by atoms with van der Waals surface area (Å²) in [6.07, 6.45) is 10.3. The number of carbonyl (C=O) groups excluding carboxylic acids is 4. The average molecular weight is 402 g/mol. The second-order valence-electron chi connectivity index (χ2n) is 5.77. The minimum atomic E-state index is -0.220. The zero-order valence-corrected chi connectivity index (χ0v) is 17.5. The lowest BCUT2D eigenvalue weighted by atomic mass is 10.1. The molecule has 0 aliphatic rings. The maximum absolute atomic E-state index is 10.7. The maximum Gasteiger partial charge on any atom is 0.305 e. The van der Waals surface area contributed by atoms with Crippen LogP contribution in [0.2, 0.25) is 0 Å². The van der Waals surface area contributed by atoms with E-state index < -0.39 is 0 Å². The van der Waals surface area contributed by atoms with Gasteiger partial charge in [0.1, 0.15) is 0 Å². The highest BCUT2D eigenvalue weighted by Crippen LogP contribution is 2.06. The summed E-state index contributed by atoms with van der Waals surface area (Å²) in [6, 6.07) is 0. The monoisotopic (exact) mass is 402 g/mol. The van der Waals surface area contributed by atoms with Crippen molar-refractivity contribution < 1.29 is 38.1 Å². The largest absolute Gasteiger partial charge is 0.469 e. The molecular weight excluding hydrogens is 368 g/mol. The van der Waals surface area contributed by atoms with Crippen molar-refractivity contribution in [1.82, 2.24) is 0 Å². The number of hydrogen-bond donors (Lipinski definition) is 0. The summed E-state index contributed by atoms with van der Waals surface area (Å²) in [5, 5.41) is 0. The van der Waals surface area contributed by atoms with Gasteiger partial charge in [0.25, 0.3) is 0 Å². The highest BCUT2D eigenvalue weighted by atomic mass is 16.5. The highest BCUT2D eigenvalue weighted by Gasteiger charge is 2.01. The van der Waals surface area contributed by atoms with Gasteiger partial charge >= 0.3 is 23.9 Å². The van der Waals surface area contributed by atoms with Gasteiger partial charge in [-0.2, -0.15) is 0 Å². The molecule has 28 heavy (non-hydrogen) atoms. The Bertz CT molecular complexity index is 429. The Morgan fingerprint density at radius 3 is 1.07 bits per heavy atom. The number of carbonyl (C=O) groups is 4. The molecule has 0 spiro atoms. The predicted octanol–water partition coefficient (Wildman–Crippen LogP) is 3.12. The molecule has 0 atom stereocenters. The molecule has 0 bridgehead atoms. The molecule has 0 unspecified atom stereocenters. The first-order valence-corrected chi connectivity index (χ1v) is 9.33. The van der Waals surface area contributed by atoms with Crippen LogP contribution in [0, 0.1) is 0 Å². The topological polar surface area (TPSA) is 105 Å². The van der Waals surface area contributed by atoms with Crippen molar-refractivity contribution in [2.24, 2.45) is 0 Å². The molecule has 0 aliphatic carbocycles. The van der Waals surface area contributed by atoms with Crippen LogP contribution in [-0.2, 0) is 38.1 Å². The van der Waals surface area contributed by atoms with Crippen molar-refractivity contribution in [2.45, 2.75) is 64.2 Å². The molecule has 0 aromatic carbocycles. The first kappa shape index (κ1) is 27.8. The normalized spacial score (nSPS) is 9.86. The van der Waals surface area contributed by atoms with Crippen LogP contribution in [0.5, 0.6) is 0 Å². The first-order chi connectivity index (χ1) is 13.4. The van der Waals surface area contributed by atoms with Gasteiger partial charge in [0.15, 0.2) is 0 Å². The van der Waals surface area contributed by atoms with Crippen molar-refractivity contribution in [3.63, 3.8) is 0 Å². The molecule has 0 fully saturated rings. The number of methoxy groups -OCH3 is 4. The van der Waals surface area contributed by atoms with Gasteiger partial charge in [0.2, 0.25) is 0 Å². The molecule has 0 aromatic rings. The van der Waals surface area contributed by atoms with Crippen LogP contribution in [0.4, 0.5) is 0 Å². The standard InChI is InChI=1S/C10H18O4.C10H16O4/c2*1-13-9(11)7-5-3-4-6-8-10(12)14-2/h3-8H2,1-2H3;3-4H,5-8H2,1-2H3/b;4-3-. The van der Waals surface area contributed by atoms with Crippen LogP contribution >= 0.6 is 0 Å². The molecule has 0 N–H and O–H groups in total. The zero-order chi connectivity index (χ0) is 21.6. The fourth-order valence-electron chi connectivity index (χ4n) is 1.94. The molecule has 0 rings (SSSR count). The fraction of sp³-hybridized carbons (Fsp3) is 0.700. The molecule has 0 aromatic heterocycles. The third kappa shape index (κ3) is 21.7. The number of rotatable bonds is 13. The number of allylic oxidation sites excluding steroid dienone is 2. The van der Waals surface area contributed by atoms with E-state index in [0.29, 0.717) is 38.5 Å². The second-order valence-corrected chi connectivity index (χ2v) is 5.77. The lowest BCUT2D eigenvalue weighted by Gasteiger charge is -2.00. The Hall–Kier alpha value is -2.38. The van der Waals surface area contributed by atoms with Crippen molar-refractivity contribution in [2.75, 3.05) is 28.4 Å². The Kier molecular flexibility index (Phi) is 20.8. The van der Waals surface area contributed by atoms with Crippen molar-refractivity contribution in [1.29, 1.82) is 0 Å². The minimum absolute atomic E-state index is 0.169. The SMILES string of the molecule is COC(=O)CC/C=C\CCC(=O)OC.COC(=O)CCCCCCC(=O)OC. The molecule has 0 radical (unpaired) electrons. The maximum atomic E-state index is 10.7. The third-order valence-corrected chi connectivity index (χ3v) is 3.62. The summed E-state index contributed by atoms with van der Waals surface area (Å²) in [4.78, 5) is 42.7. The molecular formula is C20H34O8. The quantitative estimate of drug-likeness (QED) is 0.200. The van der Waals surface area contributed by atoms with Crippen molar-refractivity contribution in [3.05, 3.63) is 12.2 Å². The number of esters is 4. The van der Waals surface area contributed by atoms with Crippen LogP contribution in [0.3, 0.4) is 0 Å². The average Bonchev–Trinajstić information content (AvgIpc) is 2.72. The van der Waals surface area contributed by atoms with Gasteiger partial charge in [-0.25, -0.2) is 0 Å². The molecule has 8 nitrogen and oxygen atoms in total. The number of hydrogen-bond acceptors (Lipinski definition) is 8. The smallest absolute Gasteiger partial charge is 0.305 e. The van der Waals surface area contributed by atoms with E-state index in [1.165, 1.54) is 28.4 Å². The van der Waals surface area contributed by atoms with Crippen LogP contribution in [-0.4, -0.2) is 52.3 Å². The van der Waals surface area contributed by atoms with Crippen LogP contribution in [0.1, 0.15) is 64.2 Å². The van der Waals surface area contributed by atoms with E-state index in [1.54, 1.807) is 0 Å². The summed E-state index contributed by atoms with van der Waals surface area (Å²) < 4.78 is 17.9. The zero-order valence-electron chi connectivity index (χ0n) is 17.5. The second kappa shape index (κ2) is 20.9. The summed E-state index contributed by atoms with van der Waals surface area (Å²) >= 11 is 0. The van der Waals surface area contributed by atoms with E-state index in [2.05, 4.69) is 18.9 Å². The van der Waals surface area contributed by atoms with Crippen molar-refractivity contribution in [3.8, 4) is 0 Å². The van der Waals surface area contributed by atoms with Crippen LogP contribution in [0.25, 0.3) is 0 Å². The Balaban J connectivity index is 0. The van der Waals surface area contributed by atoms with Crippen LogP contribution < -0.4 is 0 Å². The van der Waals surface area contributed by atoms with Gasteiger partial charge in [0, 0.05) is 25.7 Å². The number of unbranched alkanes of at least 4 members (excludes halogenated alkanes) is 3. The van der Waals surface area contributed by atoms with Gasteiger partial charge < -0.3 is 18.9 Å². The van der Waals surface area contributed by atoms with E-state index in [-0.39, 0.29) is 23.9 Å². The van der Waals surface area contributed by atoms with Gasteiger partial charge in [-0.1, -0.05) is 25.0 Å². The summed E-state index contributed by atoms with van der Waals surface area (Å²) in [5.41, 5.74) is 0. The Morgan fingerprint density at radius 1 is 0.500 bits per heavy atom. The van der Waals surface area contributed by atoms with E-state index in [0.717, 1.165) is 25.7 Å². The molecule has 0 amide bonds. The fourth-order valence-corrected chi connectivity index (χ4v) is 1.94. The minimum Gasteiger partial charge on any atom is -0.469 e. The lowest BCUT2D eigenvalue weighted by Crippen LogP contribution is -2.00. The third-order valence-electron chi connectivity index (χ3n) is 3.62. The predicted molar refractivity (Wildman–Crippen MR) is 103 cm³/mol. The molecule has 0 heterocycles. The molecule has 0 saturated carbocycles. The van der Waals surface area contributed by atoms with E-state index in [4.69, 9.17) is 0 Å². The summed E-state index contributed by atoms with van der Waals surface area (Å²) in [5.74, 6) is -0.777.